The molecule has 1 fully saturated rings. The van der Waals surface area contributed by atoms with Crippen molar-refractivity contribution in [3.05, 3.63) is 64.2 Å². The molecule has 0 spiro atoms. The highest BCUT2D eigenvalue weighted by Gasteiger charge is 2.49. The lowest BCUT2D eigenvalue weighted by molar-refractivity contribution is -0.282. The van der Waals surface area contributed by atoms with Crippen molar-refractivity contribution in [2.45, 2.75) is 63.0 Å². The van der Waals surface area contributed by atoms with Gasteiger partial charge in [0, 0.05) is 12.1 Å². The van der Waals surface area contributed by atoms with Gasteiger partial charge in [0.1, 0.15) is 36.4 Å². The third-order valence-corrected chi connectivity index (χ3v) is 5.91. The van der Waals surface area contributed by atoms with Gasteiger partial charge in [-0.2, -0.15) is 0 Å². The maximum Gasteiger partial charge on any atom is 0.331 e. The molecule has 2 aromatic rings. The number of aliphatic hydroxyl groups is 3. The van der Waals surface area contributed by atoms with Gasteiger partial charge in [-0.1, -0.05) is 12.1 Å². The number of aliphatic carboxylic acids is 1. The molecule has 14 nitrogen and oxygen atoms in total. The molecule has 0 bridgehead atoms. The van der Waals surface area contributed by atoms with Gasteiger partial charge in [-0.05, 0) is 37.6 Å². The Balaban J connectivity index is 1.77. The summed E-state index contributed by atoms with van der Waals surface area (Å²) in [6.07, 6.45) is -6.38. The summed E-state index contributed by atoms with van der Waals surface area (Å²) in [5.41, 5.74) is -2.00. The minimum absolute atomic E-state index is 0.0211. The van der Waals surface area contributed by atoms with Crippen molar-refractivity contribution in [1.82, 2.24) is 0 Å². The third-order valence-electron chi connectivity index (χ3n) is 5.91. The van der Waals surface area contributed by atoms with E-state index < -0.39 is 79.1 Å². The molecule has 1 aliphatic rings. The third kappa shape index (κ3) is 8.88. The van der Waals surface area contributed by atoms with Crippen molar-refractivity contribution >= 4 is 24.0 Å². The molecule has 1 unspecified atom stereocenters. The quantitative estimate of drug-likeness (QED) is 0.178. The minimum Gasteiger partial charge on any atom is -0.508 e. The number of rotatable bonds is 11. The van der Waals surface area contributed by atoms with Crippen molar-refractivity contribution in [2.75, 3.05) is 6.61 Å². The highest BCUT2D eigenvalue weighted by molar-refractivity contribution is 5.87. The summed E-state index contributed by atoms with van der Waals surface area (Å²) in [4.78, 5) is 48.0. The first-order valence-corrected chi connectivity index (χ1v) is 12.3. The zero-order chi connectivity index (χ0) is 30.3. The molecule has 1 saturated heterocycles. The minimum atomic E-state index is -1.91. The average Bonchev–Trinajstić information content (AvgIpc) is 2.88. The summed E-state index contributed by atoms with van der Waals surface area (Å²) in [5, 5.41) is 49.8. The van der Waals surface area contributed by atoms with Crippen LogP contribution in [-0.4, -0.2) is 86.4 Å². The van der Waals surface area contributed by atoms with E-state index >= 15 is 0 Å². The van der Waals surface area contributed by atoms with Crippen LogP contribution in [0.25, 0.3) is 6.08 Å². The maximum atomic E-state index is 12.6. The normalized spacial score (nSPS) is 23.9. The number of carbonyl (C=O) groups excluding carboxylic acids is 2. The summed E-state index contributed by atoms with van der Waals surface area (Å²) in [7, 11) is 0. The smallest absolute Gasteiger partial charge is 0.331 e. The lowest BCUT2D eigenvalue weighted by Gasteiger charge is -2.41. The molecule has 1 aromatic heterocycles. The van der Waals surface area contributed by atoms with Gasteiger partial charge >= 0.3 is 17.9 Å². The fourth-order valence-electron chi connectivity index (χ4n) is 3.87. The van der Waals surface area contributed by atoms with E-state index in [0.29, 0.717) is 5.56 Å². The predicted molar refractivity (Wildman–Crippen MR) is 136 cm³/mol. The topological polar surface area (TPSA) is 219 Å². The summed E-state index contributed by atoms with van der Waals surface area (Å²) >= 11 is 0. The first-order valence-electron chi connectivity index (χ1n) is 12.3. The molecular weight excluding hydrogens is 548 g/mol. The number of aliphatic hydroxyl groups excluding tert-OH is 2. The number of esters is 2. The number of hydrogen-bond acceptors (Lipinski definition) is 13. The number of benzene rings is 1. The van der Waals surface area contributed by atoms with E-state index in [1.807, 2.05) is 0 Å². The van der Waals surface area contributed by atoms with Gasteiger partial charge in [0.15, 0.2) is 6.10 Å². The van der Waals surface area contributed by atoms with Crippen LogP contribution in [-0.2, 0) is 28.6 Å². The van der Waals surface area contributed by atoms with Crippen molar-refractivity contribution < 1.29 is 63.3 Å². The molecule has 14 heteroatoms. The van der Waals surface area contributed by atoms with Gasteiger partial charge in [-0.15, -0.1) is 0 Å². The van der Waals surface area contributed by atoms with Crippen LogP contribution >= 0.6 is 0 Å². The number of phenols is 1. The number of hydrogen-bond donors (Lipinski definition) is 5. The number of carboxylic acid groups (broad SMARTS) is 1. The summed E-state index contributed by atoms with van der Waals surface area (Å²) in [6.45, 7) is 1.86. The molecule has 3 rings (SSSR count). The molecular formula is C27H30O14. The van der Waals surface area contributed by atoms with Gasteiger partial charge in [0.2, 0.25) is 17.5 Å². The average molecular weight is 579 g/mol. The zero-order valence-electron chi connectivity index (χ0n) is 22.0. The maximum absolute atomic E-state index is 12.6. The van der Waals surface area contributed by atoms with Crippen LogP contribution in [0.3, 0.4) is 0 Å². The molecule has 0 saturated carbocycles. The Morgan fingerprint density at radius 1 is 1.07 bits per heavy atom. The number of aryl methyl sites for hydroxylation is 1. The largest absolute Gasteiger partial charge is 0.508 e. The second kappa shape index (κ2) is 13.4. The fourth-order valence-corrected chi connectivity index (χ4v) is 3.87. The van der Waals surface area contributed by atoms with Gasteiger partial charge < -0.3 is 48.9 Å². The second-order valence-corrected chi connectivity index (χ2v) is 9.57. The predicted octanol–water partition coefficient (Wildman–Crippen LogP) is 0.264. The molecule has 0 radical (unpaired) electrons. The number of aromatic hydroxyl groups is 1. The molecule has 0 aliphatic carbocycles. The number of carbonyl (C=O) groups is 3. The lowest BCUT2D eigenvalue weighted by Crippen LogP contribution is -2.61. The van der Waals surface area contributed by atoms with Crippen LogP contribution in [0.5, 0.6) is 11.5 Å². The van der Waals surface area contributed by atoms with E-state index in [1.165, 1.54) is 37.3 Å². The summed E-state index contributed by atoms with van der Waals surface area (Å²) < 4.78 is 26.7. The molecule has 0 amide bonds. The van der Waals surface area contributed by atoms with E-state index in [2.05, 4.69) is 0 Å². The second-order valence-electron chi connectivity index (χ2n) is 9.57. The van der Waals surface area contributed by atoms with Crippen LogP contribution < -0.4 is 10.2 Å². The Bertz CT molecular complexity index is 1310. The Morgan fingerprint density at radius 3 is 2.39 bits per heavy atom. The van der Waals surface area contributed by atoms with Gasteiger partial charge in [0.05, 0.1) is 24.7 Å². The van der Waals surface area contributed by atoms with Crippen molar-refractivity contribution in [1.29, 1.82) is 0 Å². The SMILES string of the molecule is Cc1occc(=O)c1O[C@@H]1O[C@H](COC(=O)CC(C)(O)CC(=O)O)[C@@H](O)[C@H](O)[C@H]1OC(=O)/C=C/c1ccc(O)cc1. The lowest BCUT2D eigenvalue weighted by atomic mass is 9.98. The molecule has 6 atom stereocenters. The van der Waals surface area contributed by atoms with Crippen molar-refractivity contribution in [3.63, 3.8) is 0 Å². The molecule has 1 aromatic carbocycles. The van der Waals surface area contributed by atoms with Crippen LogP contribution in [0, 0.1) is 6.92 Å². The van der Waals surface area contributed by atoms with E-state index in [9.17, 15) is 39.6 Å². The monoisotopic (exact) mass is 578 g/mol. The standard InChI is InChI=1S/C27H30O14/c1-14-24(17(29)9-10-37-14)41-26-25(40-20(32)8-5-15-3-6-16(28)7-4-15)23(35)22(34)18(39-26)13-38-21(33)12-27(2,36)11-19(30)31/h3-10,18,22-23,25-26,28,34-36H,11-13H2,1-2H3,(H,30,31)/b8-5+/t18-,22-,23+,25-,26+,27?/m1/s1. The van der Waals surface area contributed by atoms with E-state index in [4.69, 9.17) is 28.5 Å². The van der Waals surface area contributed by atoms with Crippen LogP contribution in [0.4, 0.5) is 0 Å². The van der Waals surface area contributed by atoms with E-state index in [-0.39, 0.29) is 17.3 Å². The Labute approximate surface area is 233 Å². The van der Waals surface area contributed by atoms with E-state index in [1.54, 1.807) is 0 Å². The number of phenolic OH excluding ortho intramolecular Hbond substituents is 1. The van der Waals surface area contributed by atoms with E-state index in [0.717, 1.165) is 25.3 Å². The fraction of sp³-hybridized carbons (Fsp3) is 0.407. The molecule has 41 heavy (non-hydrogen) atoms. The number of carboxylic acids is 1. The highest BCUT2D eigenvalue weighted by Crippen LogP contribution is 2.27. The van der Waals surface area contributed by atoms with Gasteiger partial charge in [-0.3, -0.25) is 14.4 Å². The molecule has 2 heterocycles. The van der Waals surface area contributed by atoms with Crippen LogP contribution in [0.15, 0.2) is 51.9 Å². The first kappa shape index (κ1) is 31.3. The summed E-state index contributed by atoms with van der Waals surface area (Å²) in [5.74, 6) is -3.62. The molecule has 222 valence electrons. The summed E-state index contributed by atoms with van der Waals surface area (Å²) in [6, 6.07) is 6.91. The first-order chi connectivity index (χ1) is 19.3. The van der Waals surface area contributed by atoms with Crippen molar-refractivity contribution in [3.8, 4) is 11.5 Å². The van der Waals surface area contributed by atoms with Crippen molar-refractivity contribution in [2.24, 2.45) is 0 Å². The molecule has 1 aliphatic heterocycles. The molecule has 5 N–H and O–H groups in total. The van der Waals surface area contributed by atoms with Gasteiger partial charge in [-0.25, -0.2) is 4.79 Å². The Morgan fingerprint density at radius 2 is 1.76 bits per heavy atom. The van der Waals surface area contributed by atoms with Crippen LogP contribution in [0.1, 0.15) is 31.1 Å². The zero-order valence-corrected chi connectivity index (χ0v) is 22.0. The van der Waals surface area contributed by atoms with Gasteiger partial charge in [0.25, 0.3) is 0 Å². The number of ether oxygens (including phenoxy) is 4. The Kier molecular flexibility index (Phi) is 10.2. The Hall–Kier alpha value is -4.24. The van der Waals surface area contributed by atoms with Crippen LogP contribution in [0.2, 0.25) is 0 Å². The highest BCUT2D eigenvalue weighted by atomic mass is 16.7.